The van der Waals surface area contributed by atoms with Crippen molar-refractivity contribution in [2.24, 2.45) is 0 Å². The molecule has 3 heteroatoms. The molecule has 3 nitrogen and oxygen atoms in total. The molecule has 0 aromatic rings. The van der Waals surface area contributed by atoms with Gasteiger partial charge < -0.3 is 10.1 Å². The van der Waals surface area contributed by atoms with Gasteiger partial charge in [0.2, 0.25) is 0 Å². The van der Waals surface area contributed by atoms with E-state index in [9.17, 15) is 0 Å². The first-order chi connectivity index (χ1) is 6.68. The summed E-state index contributed by atoms with van der Waals surface area (Å²) >= 11 is 0. The van der Waals surface area contributed by atoms with Gasteiger partial charge in [0.25, 0.3) is 0 Å². The quantitative estimate of drug-likeness (QED) is 0.676. The summed E-state index contributed by atoms with van der Waals surface area (Å²) in [6.07, 6.45) is 1.63. The van der Waals surface area contributed by atoms with E-state index in [-0.39, 0.29) is 0 Å². The Balaban J connectivity index is 2.00. The average Bonchev–Trinajstić information content (AvgIpc) is 2.56. The fourth-order valence-electron chi connectivity index (χ4n) is 2.67. The van der Waals surface area contributed by atoms with Crippen LogP contribution in [0.5, 0.6) is 0 Å². The van der Waals surface area contributed by atoms with Gasteiger partial charge in [-0.3, -0.25) is 4.90 Å². The monoisotopic (exact) mass is 198 g/mol. The van der Waals surface area contributed by atoms with E-state index >= 15 is 0 Å². The minimum Gasteiger partial charge on any atom is -0.377 e. The third-order valence-corrected chi connectivity index (χ3v) is 3.57. The van der Waals surface area contributed by atoms with E-state index in [4.69, 9.17) is 4.74 Å². The Morgan fingerprint density at radius 2 is 2.07 bits per heavy atom. The zero-order chi connectivity index (χ0) is 10.1. The van der Waals surface area contributed by atoms with E-state index in [2.05, 4.69) is 31.0 Å². The topological polar surface area (TPSA) is 24.5 Å². The zero-order valence-electron chi connectivity index (χ0n) is 9.49. The number of ether oxygens (including phenoxy) is 1. The molecular weight excluding hydrogens is 176 g/mol. The van der Waals surface area contributed by atoms with Crippen LogP contribution in [0.25, 0.3) is 0 Å². The van der Waals surface area contributed by atoms with E-state index in [0.717, 1.165) is 13.2 Å². The van der Waals surface area contributed by atoms with Crippen LogP contribution in [-0.2, 0) is 4.74 Å². The lowest BCUT2D eigenvalue weighted by Crippen LogP contribution is -2.58. The van der Waals surface area contributed by atoms with Crippen molar-refractivity contribution in [3.05, 3.63) is 0 Å². The maximum atomic E-state index is 5.64. The highest BCUT2D eigenvalue weighted by Crippen LogP contribution is 2.23. The molecule has 0 amide bonds. The largest absolute Gasteiger partial charge is 0.377 e. The summed E-state index contributed by atoms with van der Waals surface area (Å²) in [6.45, 7) is 10.0. The summed E-state index contributed by atoms with van der Waals surface area (Å²) in [5, 5.41) is 3.52. The fourth-order valence-corrected chi connectivity index (χ4v) is 2.67. The van der Waals surface area contributed by atoms with Gasteiger partial charge >= 0.3 is 0 Å². The molecule has 0 radical (unpaired) electrons. The van der Waals surface area contributed by atoms with Crippen LogP contribution in [0.15, 0.2) is 0 Å². The van der Waals surface area contributed by atoms with Gasteiger partial charge in [-0.05, 0) is 27.2 Å². The van der Waals surface area contributed by atoms with Crippen LogP contribution in [0.2, 0.25) is 0 Å². The number of hydrogen-bond acceptors (Lipinski definition) is 3. The molecule has 82 valence electrons. The van der Waals surface area contributed by atoms with Gasteiger partial charge in [-0.1, -0.05) is 0 Å². The van der Waals surface area contributed by atoms with Crippen LogP contribution in [0.4, 0.5) is 0 Å². The Morgan fingerprint density at radius 1 is 1.29 bits per heavy atom. The van der Waals surface area contributed by atoms with Gasteiger partial charge in [-0.25, -0.2) is 0 Å². The Bertz CT molecular complexity index is 198. The summed E-state index contributed by atoms with van der Waals surface area (Å²) in [7, 11) is 0. The lowest BCUT2D eigenvalue weighted by molar-refractivity contribution is 0.0385. The second-order valence-corrected chi connectivity index (χ2v) is 4.79. The molecule has 2 fully saturated rings. The van der Waals surface area contributed by atoms with E-state index in [1.807, 2.05) is 0 Å². The lowest BCUT2D eigenvalue weighted by Gasteiger charge is -2.42. The Kier molecular flexibility index (Phi) is 3.10. The van der Waals surface area contributed by atoms with E-state index in [1.165, 1.54) is 13.0 Å². The predicted octanol–water partition coefficient (Wildman–Crippen LogP) is 0.846. The Morgan fingerprint density at radius 3 is 2.71 bits per heavy atom. The second-order valence-electron chi connectivity index (χ2n) is 4.79. The van der Waals surface area contributed by atoms with E-state index in [0.29, 0.717) is 24.2 Å². The summed E-state index contributed by atoms with van der Waals surface area (Å²) in [5.74, 6) is 0. The minimum atomic E-state index is 0.419. The number of rotatable bonds is 1. The molecule has 1 N–H and O–H groups in total. The van der Waals surface area contributed by atoms with Gasteiger partial charge in [-0.15, -0.1) is 0 Å². The molecule has 2 saturated heterocycles. The summed E-state index contributed by atoms with van der Waals surface area (Å²) < 4.78 is 5.64. The van der Waals surface area contributed by atoms with Crippen molar-refractivity contribution < 1.29 is 4.74 Å². The van der Waals surface area contributed by atoms with Crippen LogP contribution in [0.1, 0.15) is 27.2 Å². The normalized spacial score (nSPS) is 45.6. The predicted molar refractivity (Wildman–Crippen MR) is 57.5 cm³/mol. The van der Waals surface area contributed by atoms with Gasteiger partial charge in [0.1, 0.15) is 0 Å². The van der Waals surface area contributed by atoms with Crippen LogP contribution in [-0.4, -0.2) is 48.8 Å². The Hall–Kier alpha value is -0.120. The van der Waals surface area contributed by atoms with Crippen molar-refractivity contribution in [3.63, 3.8) is 0 Å². The first-order valence-electron chi connectivity index (χ1n) is 5.79. The maximum absolute atomic E-state index is 5.64. The van der Waals surface area contributed by atoms with Crippen molar-refractivity contribution in [1.82, 2.24) is 10.2 Å². The first-order valence-corrected chi connectivity index (χ1v) is 5.79. The maximum Gasteiger partial charge on any atom is 0.0703 e. The van der Waals surface area contributed by atoms with Crippen LogP contribution in [0.3, 0.4) is 0 Å². The molecule has 2 rings (SSSR count). The van der Waals surface area contributed by atoms with Crippen LogP contribution >= 0.6 is 0 Å². The molecule has 0 aliphatic carbocycles. The number of hydrogen-bond donors (Lipinski definition) is 1. The van der Waals surface area contributed by atoms with Gasteiger partial charge in [0.05, 0.1) is 6.10 Å². The minimum absolute atomic E-state index is 0.419. The highest BCUT2D eigenvalue weighted by Gasteiger charge is 2.35. The zero-order valence-corrected chi connectivity index (χ0v) is 9.49. The second kappa shape index (κ2) is 4.17. The van der Waals surface area contributed by atoms with Crippen LogP contribution in [0, 0.1) is 0 Å². The Labute approximate surface area is 86.8 Å². The SMILES string of the molecule is CC1CN(C2CCOC2C)C(C)CN1. The molecule has 2 aliphatic rings. The molecule has 2 aliphatic heterocycles. The summed E-state index contributed by atoms with van der Waals surface area (Å²) in [5.41, 5.74) is 0. The van der Waals surface area contributed by atoms with Gasteiger partial charge in [0, 0.05) is 37.8 Å². The summed E-state index contributed by atoms with van der Waals surface area (Å²) in [4.78, 5) is 2.62. The lowest BCUT2D eigenvalue weighted by atomic mass is 10.0. The number of nitrogens with zero attached hydrogens (tertiary/aromatic N) is 1. The van der Waals surface area contributed by atoms with Crippen molar-refractivity contribution in [2.45, 2.75) is 51.4 Å². The molecule has 4 unspecified atom stereocenters. The number of piperazine rings is 1. The molecule has 0 saturated carbocycles. The third-order valence-electron chi connectivity index (χ3n) is 3.57. The molecule has 0 aromatic carbocycles. The molecule has 14 heavy (non-hydrogen) atoms. The van der Waals surface area contributed by atoms with Crippen LogP contribution < -0.4 is 5.32 Å². The standard InChI is InChI=1S/C11H22N2O/c1-8-7-13(9(2)6-12-8)11-4-5-14-10(11)3/h8-12H,4-7H2,1-3H3. The fraction of sp³-hybridized carbons (Fsp3) is 1.00. The first kappa shape index (κ1) is 10.4. The van der Waals surface area contributed by atoms with Gasteiger partial charge in [-0.2, -0.15) is 0 Å². The third kappa shape index (κ3) is 1.95. The van der Waals surface area contributed by atoms with Crippen molar-refractivity contribution >= 4 is 0 Å². The highest BCUT2D eigenvalue weighted by atomic mass is 16.5. The molecular formula is C11H22N2O. The molecule has 0 aromatic heterocycles. The van der Waals surface area contributed by atoms with E-state index < -0.39 is 0 Å². The van der Waals surface area contributed by atoms with Crippen molar-refractivity contribution in [2.75, 3.05) is 19.7 Å². The molecule has 2 heterocycles. The van der Waals surface area contributed by atoms with Crippen molar-refractivity contribution in [1.29, 1.82) is 0 Å². The molecule has 0 bridgehead atoms. The smallest absolute Gasteiger partial charge is 0.0703 e. The molecule has 0 spiro atoms. The van der Waals surface area contributed by atoms with E-state index in [1.54, 1.807) is 0 Å². The van der Waals surface area contributed by atoms with Gasteiger partial charge in [0.15, 0.2) is 0 Å². The molecule has 4 atom stereocenters. The highest BCUT2D eigenvalue weighted by molar-refractivity contribution is 4.90. The summed E-state index contributed by atoms with van der Waals surface area (Å²) in [6, 6.07) is 1.92. The average molecular weight is 198 g/mol. The number of nitrogens with one attached hydrogen (secondary N) is 1. The van der Waals surface area contributed by atoms with Crippen molar-refractivity contribution in [3.8, 4) is 0 Å².